The van der Waals surface area contributed by atoms with Crippen LogP contribution in [0.25, 0.3) is 11.4 Å². The number of allylic oxidation sites excluding steroid dienone is 4. The molecule has 6 heteroatoms. The molecule has 5 nitrogen and oxygen atoms in total. The van der Waals surface area contributed by atoms with Crippen molar-refractivity contribution in [3.63, 3.8) is 0 Å². The van der Waals surface area contributed by atoms with Crippen LogP contribution in [0.2, 0.25) is 0 Å². The van der Waals surface area contributed by atoms with Gasteiger partial charge >= 0.3 is 7.12 Å². The van der Waals surface area contributed by atoms with E-state index in [1.54, 1.807) is 0 Å². The Morgan fingerprint density at radius 3 is 2.48 bits per heavy atom. The van der Waals surface area contributed by atoms with Gasteiger partial charge in [0.2, 0.25) is 0 Å². The molecule has 2 N–H and O–H groups in total. The maximum atomic E-state index is 9.39. The average molecular weight is 279 g/mol. The summed E-state index contributed by atoms with van der Waals surface area (Å²) in [5.74, 6) is 1.03. The molecule has 104 valence electrons. The van der Waals surface area contributed by atoms with Crippen LogP contribution in [0.1, 0.15) is 18.2 Å². The summed E-state index contributed by atoms with van der Waals surface area (Å²) in [6.07, 6.45) is 8.73. The molecule has 1 atom stereocenters. The van der Waals surface area contributed by atoms with Crippen LogP contribution in [-0.4, -0.2) is 32.1 Å². The molecule has 0 bridgehead atoms. The van der Waals surface area contributed by atoms with Crippen molar-refractivity contribution in [2.75, 3.05) is 0 Å². The molecule has 0 radical (unpaired) electrons. The Bertz CT molecular complexity index is 687. The Kier molecular flexibility index (Phi) is 3.90. The zero-order chi connectivity index (χ0) is 14.7. The fourth-order valence-corrected chi connectivity index (χ4v) is 2.18. The molecule has 0 spiro atoms. The molecule has 0 aliphatic heterocycles. The van der Waals surface area contributed by atoms with Crippen molar-refractivity contribution < 1.29 is 10.0 Å². The van der Waals surface area contributed by atoms with Gasteiger partial charge in [-0.15, -0.1) is 0 Å². The summed E-state index contributed by atoms with van der Waals surface area (Å²) in [5, 5.41) is 18.8. The van der Waals surface area contributed by atoms with Gasteiger partial charge in [-0.1, -0.05) is 54.6 Å². The highest BCUT2D eigenvalue weighted by Crippen LogP contribution is 2.22. The second-order valence-electron chi connectivity index (χ2n) is 4.77. The minimum absolute atomic E-state index is 0.0259. The van der Waals surface area contributed by atoms with Crippen LogP contribution in [0.15, 0.2) is 54.6 Å². The second kappa shape index (κ2) is 5.99. The third-order valence-corrected chi connectivity index (χ3v) is 3.25. The lowest BCUT2D eigenvalue weighted by Crippen LogP contribution is -2.37. The van der Waals surface area contributed by atoms with Crippen molar-refractivity contribution in [2.24, 2.45) is 0 Å². The van der Waals surface area contributed by atoms with Crippen LogP contribution < -0.4 is 5.72 Å². The van der Waals surface area contributed by atoms with Crippen LogP contribution in [0, 0.1) is 0 Å². The molecule has 1 heterocycles. The summed E-state index contributed by atoms with van der Waals surface area (Å²) < 4.78 is 0. The second-order valence-corrected chi connectivity index (χ2v) is 4.77. The third-order valence-electron chi connectivity index (χ3n) is 3.25. The largest absolute Gasteiger partial charge is 0.528 e. The van der Waals surface area contributed by atoms with E-state index in [9.17, 15) is 10.0 Å². The highest BCUT2D eigenvalue weighted by molar-refractivity contribution is 6.56. The van der Waals surface area contributed by atoms with Crippen molar-refractivity contribution in [1.29, 1.82) is 0 Å². The van der Waals surface area contributed by atoms with Crippen LogP contribution in [0.3, 0.4) is 0 Å². The molecule has 2 aromatic rings. The predicted molar refractivity (Wildman–Crippen MR) is 80.7 cm³/mol. The Morgan fingerprint density at radius 1 is 1.00 bits per heavy atom. The predicted octanol–water partition coefficient (Wildman–Crippen LogP) is 0.818. The first-order valence-electron chi connectivity index (χ1n) is 6.75. The van der Waals surface area contributed by atoms with Gasteiger partial charge in [0.15, 0.2) is 11.5 Å². The van der Waals surface area contributed by atoms with Crippen LogP contribution in [0.5, 0.6) is 0 Å². The van der Waals surface area contributed by atoms with E-state index in [-0.39, 0.29) is 11.6 Å². The molecule has 1 aliphatic carbocycles. The first-order valence-corrected chi connectivity index (χ1v) is 6.75. The molecule has 0 saturated heterocycles. The summed E-state index contributed by atoms with van der Waals surface area (Å²) in [5.41, 5.74) is 0.792. The van der Waals surface area contributed by atoms with Crippen LogP contribution in [0.4, 0.5) is 0 Å². The first-order chi connectivity index (χ1) is 10.2. The lowest BCUT2D eigenvalue weighted by molar-refractivity contribution is 0.422. The van der Waals surface area contributed by atoms with Gasteiger partial charge in [0.25, 0.3) is 0 Å². The van der Waals surface area contributed by atoms with Crippen molar-refractivity contribution in [3.05, 3.63) is 60.5 Å². The van der Waals surface area contributed by atoms with Gasteiger partial charge in [-0.05, 0) is 6.42 Å². The SMILES string of the molecule is OB(O)c1nc(-c2ccccc2)nc(C2C=CC=CC2)n1. The lowest BCUT2D eigenvalue weighted by Gasteiger charge is -2.13. The Balaban J connectivity index is 2.06. The number of nitrogens with zero attached hydrogens (tertiary/aromatic N) is 3. The van der Waals surface area contributed by atoms with Gasteiger partial charge in [0, 0.05) is 11.5 Å². The third kappa shape index (κ3) is 3.07. The molecule has 1 aromatic carbocycles. The van der Waals surface area contributed by atoms with E-state index in [1.165, 1.54) is 0 Å². The minimum atomic E-state index is -1.71. The molecule has 0 fully saturated rings. The number of benzene rings is 1. The lowest BCUT2D eigenvalue weighted by atomic mass is 9.90. The monoisotopic (exact) mass is 279 g/mol. The maximum absolute atomic E-state index is 9.39. The van der Waals surface area contributed by atoms with Gasteiger partial charge in [-0.2, -0.15) is 0 Å². The quantitative estimate of drug-likeness (QED) is 0.813. The molecule has 0 amide bonds. The van der Waals surface area contributed by atoms with E-state index in [2.05, 4.69) is 15.0 Å². The topological polar surface area (TPSA) is 79.1 Å². The first kappa shape index (κ1) is 13.7. The Hall–Kier alpha value is -2.31. The molecule has 0 saturated carbocycles. The van der Waals surface area contributed by atoms with Crippen molar-refractivity contribution in [2.45, 2.75) is 12.3 Å². The number of aromatic nitrogens is 3. The van der Waals surface area contributed by atoms with Crippen LogP contribution in [-0.2, 0) is 0 Å². The summed E-state index contributed by atoms with van der Waals surface area (Å²) in [6.45, 7) is 0. The van der Waals surface area contributed by atoms with E-state index < -0.39 is 7.12 Å². The fraction of sp³-hybridized carbons (Fsp3) is 0.133. The molecule has 1 unspecified atom stereocenters. The molecule has 3 rings (SSSR count). The maximum Gasteiger partial charge on any atom is 0.528 e. The standard InChI is InChI=1S/C15H14BN3O2/c20-16(21)15-18-13(11-7-3-1-4-8-11)17-14(19-15)12-9-5-2-6-10-12/h1-9,12,20-21H,10H2. The Labute approximate surface area is 122 Å². The molecular formula is C15H14BN3O2. The normalized spacial score (nSPS) is 17.0. The van der Waals surface area contributed by atoms with E-state index in [0.717, 1.165) is 12.0 Å². The smallest absolute Gasteiger partial charge is 0.421 e. The van der Waals surface area contributed by atoms with E-state index >= 15 is 0 Å². The number of hydrogen-bond acceptors (Lipinski definition) is 5. The number of rotatable bonds is 3. The van der Waals surface area contributed by atoms with Crippen molar-refractivity contribution in [3.8, 4) is 11.4 Å². The van der Waals surface area contributed by atoms with Gasteiger partial charge in [0.1, 0.15) is 5.82 Å². The molecular weight excluding hydrogens is 265 g/mol. The average Bonchev–Trinajstić information content (AvgIpc) is 2.56. The van der Waals surface area contributed by atoms with Crippen molar-refractivity contribution >= 4 is 12.8 Å². The highest BCUT2D eigenvalue weighted by atomic mass is 16.4. The summed E-state index contributed by atoms with van der Waals surface area (Å²) in [7, 11) is -1.71. The Morgan fingerprint density at radius 2 is 1.81 bits per heavy atom. The van der Waals surface area contributed by atoms with E-state index in [0.29, 0.717) is 11.6 Å². The highest BCUT2D eigenvalue weighted by Gasteiger charge is 2.21. The molecule has 1 aliphatic rings. The number of hydrogen-bond donors (Lipinski definition) is 2. The van der Waals surface area contributed by atoms with E-state index in [4.69, 9.17) is 0 Å². The zero-order valence-electron chi connectivity index (χ0n) is 11.3. The fourth-order valence-electron chi connectivity index (χ4n) is 2.18. The summed E-state index contributed by atoms with van der Waals surface area (Å²) in [6, 6.07) is 9.43. The van der Waals surface area contributed by atoms with Gasteiger partial charge in [0.05, 0.1) is 0 Å². The van der Waals surface area contributed by atoms with Crippen LogP contribution >= 0.6 is 0 Å². The van der Waals surface area contributed by atoms with E-state index in [1.807, 2.05) is 54.6 Å². The van der Waals surface area contributed by atoms with Gasteiger partial charge in [-0.25, -0.2) is 15.0 Å². The van der Waals surface area contributed by atoms with Crippen molar-refractivity contribution in [1.82, 2.24) is 15.0 Å². The zero-order valence-corrected chi connectivity index (χ0v) is 11.3. The molecule has 1 aromatic heterocycles. The summed E-state index contributed by atoms with van der Waals surface area (Å²) in [4.78, 5) is 12.8. The van der Waals surface area contributed by atoms with Gasteiger partial charge < -0.3 is 10.0 Å². The molecule has 21 heavy (non-hydrogen) atoms. The van der Waals surface area contributed by atoms with Gasteiger partial charge in [-0.3, -0.25) is 0 Å². The summed E-state index contributed by atoms with van der Waals surface area (Å²) >= 11 is 0. The minimum Gasteiger partial charge on any atom is -0.421 e.